The van der Waals surface area contributed by atoms with Gasteiger partial charge in [-0.15, -0.1) is 0 Å². The third-order valence-electron chi connectivity index (χ3n) is 2.64. The molecule has 0 heterocycles. The largest absolute Gasteiger partial charge is 0.298 e. The van der Waals surface area contributed by atoms with Crippen molar-refractivity contribution in [2.45, 2.75) is 26.3 Å². The first kappa shape index (κ1) is 15.3. The maximum absolute atomic E-state index is 6.18. The van der Waals surface area contributed by atoms with Gasteiger partial charge < -0.3 is 0 Å². The summed E-state index contributed by atoms with van der Waals surface area (Å²) in [5, 5.41) is 2.44. The number of hydrogen-bond acceptors (Lipinski definition) is 1. The minimum atomic E-state index is 0.694. The number of rotatable bonds is 7. The van der Waals surface area contributed by atoms with Gasteiger partial charge in [-0.25, -0.2) is 0 Å². The van der Waals surface area contributed by atoms with Gasteiger partial charge in [-0.1, -0.05) is 58.5 Å². The lowest BCUT2D eigenvalue weighted by Gasteiger charge is -2.21. The molecule has 1 aromatic carbocycles. The van der Waals surface area contributed by atoms with Gasteiger partial charge in [0, 0.05) is 28.5 Å². The van der Waals surface area contributed by atoms with E-state index in [0.717, 1.165) is 35.6 Å². The first-order valence-electron chi connectivity index (χ1n) is 5.89. The van der Waals surface area contributed by atoms with Crippen LogP contribution in [0.25, 0.3) is 0 Å². The van der Waals surface area contributed by atoms with Crippen LogP contribution >= 0.6 is 39.1 Å². The number of benzene rings is 1. The molecule has 0 aliphatic carbocycles. The van der Waals surface area contributed by atoms with Crippen LogP contribution < -0.4 is 0 Å². The Hall–Kier alpha value is 0.240. The average Bonchev–Trinajstić information content (AvgIpc) is 2.29. The molecule has 0 aliphatic heterocycles. The van der Waals surface area contributed by atoms with Crippen LogP contribution in [0.4, 0.5) is 0 Å². The summed E-state index contributed by atoms with van der Waals surface area (Å²) in [6.07, 6.45) is 2.44. The van der Waals surface area contributed by atoms with Gasteiger partial charge in [0.1, 0.15) is 0 Å². The Morgan fingerprint density at radius 2 is 2.00 bits per heavy atom. The second kappa shape index (κ2) is 8.36. The number of alkyl halides is 1. The predicted octanol–water partition coefficient (Wildman–Crippen LogP) is 4.99. The van der Waals surface area contributed by atoms with Crippen LogP contribution in [0.2, 0.25) is 10.0 Å². The molecule has 0 aliphatic rings. The quantitative estimate of drug-likeness (QED) is 0.633. The topological polar surface area (TPSA) is 3.24 Å². The monoisotopic (exact) mass is 337 g/mol. The fraction of sp³-hybridized carbons (Fsp3) is 0.538. The molecule has 0 N–H and O–H groups in total. The van der Waals surface area contributed by atoms with E-state index in [-0.39, 0.29) is 0 Å². The minimum absolute atomic E-state index is 0.694. The van der Waals surface area contributed by atoms with Gasteiger partial charge >= 0.3 is 0 Å². The Morgan fingerprint density at radius 3 is 2.59 bits per heavy atom. The van der Waals surface area contributed by atoms with Crippen molar-refractivity contribution >= 4 is 39.1 Å². The number of halogens is 3. The van der Waals surface area contributed by atoms with E-state index in [9.17, 15) is 0 Å². The van der Waals surface area contributed by atoms with Crippen LogP contribution in [0.1, 0.15) is 25.3 Å². The molecule has 0 amide bonds. The van der Waals surface area contributed by atoms with Crippen molar-refractivity contribution in [1.29, 1.82) is 0 Å². The van der Waals surface area contributed by atoms with Crippen LogP contribution in [0.15, 0.2) is 18.2 Å². The summed E-state index contributed by atoms with van der Waals surface area (Å²) in [7, 11) is 0. The van der Waals surface area contributed by atoms with E-state index in [0.29, 0.717) is 5.02 Å². The van der Waals surface area contributed by atoms with Crippen LogP contribution in [-0.4, -0.2) is 23.3 Å². The number of hydrogen-bond donors (Lipinski definition) is 0. The highest BCUT2D eigenvalue weighted by Gasteiger charge is 2.08. The zero-order valence-corrected chi connectivity index (χ0v) is 13.2. The third-order valence-corrected chi connectivity index (χ3v) is 3.58. The van der Waals surface area contributed by atoms with Crippen molar-refractivity contribution in [2.24, 2.45) is 0 Å². The van der Waals surface area contributed by atoms with Crippen molar-refractivity contribution in [3.63, 3.8) is 0 Å². The molecule has 0 unspecified atom stereocenters. The molecule has 96 valence electrons. The van der Waals surface area contributed by atoms with Crippen LogP contribution in [0.3, 0.4) is 0 Å². The van der Waals surface area contributed by atoms with Crippen molar-refractivity contribution in [3.05, 3.63) is 33.8 Å². The standard InChI is InChI=1S/C13H18BrCl2N/c1-2-3-7-17(8-6-14)10-11-4-5-12(15)9-13(11)16/h4-5,9H,2-3,6-8,10H2,1H3. The predicted molar refractivity (Wildman–Crippen MR) is 80.4 cm³/mol. The smallest absolute Gasteiger partial charge is 0.0465 e. The third kappa shape index (κ3) is 5.60. The van der Waals surface area contributed by atoms with Gasteiger partial charge in [-0.05, 0) is 30.7 Å². The zero-order valence-electron chi connectivity index (χ0n) is 10.1. The molecular formula is C13H18BrCl2N. The number of nitrogens with zero attached hydrogens (tertiary/aromatic N) is 1. The van der Waals surface area contributed by atoms with Gasteiger partial charge in [0.25, 0.3) is 0 Å². The molecule has 0 saturated carbocycles. The van der Waals surface area contributed by atoms with E-state index < -0.39 is 0 Å². The Balaban J connectivity index is 2.64. The molecule has 1 rings (SSSR count). The molecule has 0 radical (unpaired) electrons. The van der Waals surface area contributed by atoms with Crippen molar-refractivity contribution in [1.82, 2.24) is 4.90 Å². The molecule has 1 aromatic rings. The Kier molecular flexibility index (Phi) is 7.52. The lowest BCUT2D eigenvalue weighted by molar-refractivity contribution is 0.278. The van der Waals surface area contributed by atoms with E-state index in [2.05, 4.69) is 27.8 Å². The second-order valence-corrected chi connectivity index (χ2v) is 5.69. The highest BCUT2D eigenvalue weighted by molar-refractivity contribution is 9.09. The Bertz CT molecular complexity index is 344. The molecule has 17 heavy (non-hydrogen) atoms. The molecule has 0 aromatic heterocycles. The van der Waals surface area contributed by atoms with Gasteiger partial charge in [-0.2, -0.15) is 0 Å². The average molecular weight is 339 g/mol. The molecule has 0 fully saturated rings. The zero-order chi connectivity index (χ0) is 12.7. The molecule has 0 bridgehead atoms. The van der Waals surface area contributed by atoms with Crippen LogP contribution in [0, 0.1) is 0 Å². The summed E-state index contributed by atoms with van der Waals surface area (Å²) in [4.78, 5) is 2.41. The fourth-order valence-corrected chi connectivity index (χ4v) is 2.63. The second-order valence-electron chi connectivity index (χ2n) is 4.05. The Labute approximate surface area is 122 Å². The summed E-state index contributed by atoms with van der Waals surface area (Å²) in [5.41, 5.74) is 1.15. The van der Waals surface area contributed by atoms with Crippen molar-refractivity contribution in [3.8, 4) is 0 Å². The molecule has 0 atom stereocenters. The van der Waals surface area contributed by atoms with Crippen LogP contribution in [0.5, 0.6) is 0 Å². The lowest BCUT2D eigenvalue weighted by atomic mass is 10.2. The van der Waals surface area contributed by atoms with Crippen molar-refractivity contribution < 1.29 is 0 Å². The fourth-order valence-electron chi connectivity index (χ4n) is 1.66. The lowest BCUT2D eigenvalue weighted by Crippen LogP contribution is -2.26. The first-order valence-corrected chi connectivity index (χ1v) is 7.77. The summed E-state index contributed by atoms with van der Waals surface area (Å²) >= 11 is 15.6. The summed E-state index contributed by atoms with van der Waals surface area (Å²) in [6.45, 7) is 5.25. The van der Waals surface area contributed by atoms with Gasteiger partial charge in [0.2, 0.25) is 0 Å². The SMILES string of the molecule is CCCCN(CCBr)Cc1ccc(Cl)cc1Cl. The maximum atomic E-state index is 6.18. The van der Waals surface area contributed by atoms with E-state index in [1.54, 1.807) is 0 Å². The normalized spacial score (nSPS) is 11.1. The maximum Gasteiger partial charge on any atom is 0.0465 e. The summed E-state index contributed by atoms with van der Waals surface area (Å²) in [5.74, 6) is 0. The van der Waals surface area contributed by atoms with Crippen LogP contribution in [-0.2, 0) is 6.54 Å². The molecule has 4 heteroatoms. The summed E-state index contributed by atoms with van der Waals surface area (Å²) < 4.78 is 0. The van der Waals surface area contributed by atoms with E-state index >= 15 is 0 Å². The molecule has 0 saturated heterocycles. The van der Waals surface area contributed by atoms with Gasteiger partial charge in [-0.3, -0.25) is 4.90 Å². The highest BCUT2D eigenvalue weighted by atomic mass is 79.9. The molecule has 1 nitrogen and oxygen atoms in total. The van der Waals surface area contributed by atoms with E-state index in [1.165, 1.54) is 12.8 Å². The highest BCUT2D eigenvalue weighted by Crippen LogP contribution is 2.22. The van der Waals surface area contributed by atoms with Gasteiger partial charge in [0.05, 0.1) is 0 Å². The Morgan fingerprint density at radius 1 is 1.24 bits per heavy atom. The van der Waals surface area contributed by atoms with E-state index in [1.807, 2.05) is 18.2 Å². The minimum Gasteiger partial charge on any atom is -0.298 e. The number of unbranched alkanes of at least 4 members (excludes halogenated alkanes) is 1. The molecular weight excluding hydrogens is 321 g/mol. The summed E-state index contributed by atoms with van der Waals surface area (Å²) in [6, 6.07) is 5.72. The van der Waals surface area contributed by atoms with E-state index in [4.69, 9.17) is 23.2 Å². The van der Waals surface area contributed by atoms with Gasteiger partial charge in [0.15, 0.2) is 0 Å². The first-order chi connectivity index (χ1) is 8.17. The van der Waals surface area contributed by atoms with Crippen molar-refractivity contribution in [2.75, 3.05) is 18.4 Å². The molecule has 0 spiro atoms.